The van der Waals surface area contributed by atoms with E-state index in [1.54, 1.807) is 0 Å². The van der Waals surface area contributed by atoms with E-state index >= 15 is 0 Å². The summed E-state index contributed by atoms with van der Waals surface area (Å²) >= 11 is 0. The number of pyridine rings is 2. The zero-order valence-electron chi connectivity index (χ0n) is 30.2. The average molecular weight is 671 g/mol. The van der Waals surface area contributed by atoms with Gasteiger partial charge in [-0.2, -0.15) is 0 Å². The summed E-state index contributed by atoms with van der Waals surface area (Å²) in [5.74, 6) is 1.96. The molecule has 4 heterocycles. The van der Waals surface area contributed by atoms with Crippen molar-refractivity contribution in [1.29, 1.82) is 0 Å². The monoisotopic (exact) mass is 670 g/mol. The lowest BCUT2D eigenvalue weighted by atomic mass is 9.79. The summed E-state index contributed by atoms with van der Waals surface area (Å²) in [6.45, 7) is 15.1. The molecule has 0 saturated heterocycles. The Morgan fingerprint density at radius 1 is 0.686 bits per heavy atom. The Balaban J connectivity index is 1.28. The summed E-state index contributed by atoms with van der Waals surface area (Å²) in [6.07, 6.45) is 3.67. The second kappa shape index (κ2) is 11.9. The van der Waals surface area contributed by atoms with Crippen molar-refractivity contribution >= 4 is 27.8 Å². The minimum atomic E-state index is -0.587. The fourth-order valence-electron chi connectivity index (χ4n) is 7.02. The van der Waals surface area contributed by atoms with Gasteiger partial charge in [0.2, 0.25) is 5.90 Å². The number of hydrogen-bond acceptors (Lipinski definition) is 5. The van der Waals surface area contributed by atoms with Gasteiger partial charge < -0.3 is 9.47 Å². The fraction of sp³-hybridized carbons (Fsp3) is 0.222. The van der Waals surface area contributed by atoms with Crippen molar-refractivity contribution in [2.45, 2.75) is 65.0 Å². The van der Waals surface area contributed by atoms with E-state index in [1.807, 2.05) is 67.0 Å². The summed E-state index contributed by atoms with van der Waals surface area (Å²) < 4.78 is 15.8. The molecule has 8 rings (SSSR count). The van der Waals surface area contributed by atoms with Crippen LogP contribution in [0.25, 0.3) is 38.9 Å². The fourth-order valence-corrected chi connectivity index (χ4v) is 7.02. The predicted octanol–water partition coefficient (Wildman–Crippen LogP) is 11.1. The molecule has 0 aliphatic carbocycles. The van der Waals surface area contributed by atoms with Gasteiger partial charge >= 0.3 is 0 Å². The van der Waals surface area contributed by atoms with E-state index in [4.69, 9.17) is 19.5 Å². The van der Waals surface area contributed by atoms with E-state index in [0.717, 1.165) is 55.9 Å². The minimum Gasteiger partial charge on any atom is -0.468 e. The number of aromatic nitrogens is 3. The summed E-state index contributed by atoms with van der Waals surface area (Å²) in [6, 6.07) is 39.7. The molecule has 6 nitrogen and oxygen atoms in total. The van der Waals surface area contributed by atoms with Crippen molar-refractivity contribution in [3.8, 4) is 28.4 Å². The molecule has 1 atom stereocenters. The first-order valence-electron chi connectivity index (χ1n) is 17.5. The van der Waals surface area contributed by atoms with Gasteiger partial charge in [-0.05, 0) is 111 Å². The lowest BCUT2D eigenvalue weighted by Crippen LogP contribution is -2.41. The first-order valence-corrected chi connectivity index (χ1v) is 17.5. The van der Waals surface area contributed by atoms with Crippen molar-refractivity contribution in [3.05, 3.63) is 150 Å². The van der Waals surface area contributed by atoms with Crippen LogP contribution >= 0.6 is 0 Å². The van der Waals surface area contributed by atoms with Gasteiger partial charge in [0, 0.05) is 40.4 Å². The summed E-state index contributed by atoms with van der Waals surface area (Å²) in [5, 5.41) is 2.30. The molecule has 51 heavy (non-hydrogen) atoms. The van der Waals surface area contributed by atoms with Crippen molar-refractivity contribution in [2.75, 3.05) is 0 Å². The normalized spacial score (nSPS) is 17.0. The van der Waals surface area contributed by atoms with Gasteiger partial charge in [-0.15, -0.1) is 0 Å². The van der Waals surface area contributed by atoms with E-state index < -0.39 is 11.1 Å². The maximum atomic E-state index is 6.88. The van der Waals surface area contributed by atoms with Crippen LogP contribution in [0.15, 0.2) is 133 Å². The molecular formula is C45H42N4O2. The topological polar surface area (TPSA) is 61.5 Å². The van der Waals surface area contributed by atoms with Gasteiger partial charge in [-0.25, -0.2) is 9.98 Å². The average Bonchev–Trinajstić information content (AvgIpc) is 3.58. The summed E-state index contributed by atoms with van der Waals surface area (Å²) in [7, 11) is 0. The van der Waals surface area contributed by atoms with Gasteiger partial charge in [-0.1, -0.05) is 68.8 Å². The summed E-state index contributed by atoms with van der Waals surface area (Å²) in [5.41, 5.74) is 7.73. The van der Waals surface area contributed by atoms with Crippen LogP contribution in [-0.2, 0) is 15.7 Å². The number of nitrogens with zero attached hydrogens (tertiary/aromatic N) is 4. The Morgan fingerprint density at radius 3 is 2.20 bits per heavy atom. The van der Waals surface area contributed by atoms with Crippen molar-refractivity contribution in [1.82, 2.24) is 14.5 Å². The van der Waals surface area contributed by atoms with E-state index in [-0.39, 0.29) is 5.41 Å². The highest BCUT2D eigenvalue weighted by Gasteiger charge is 2.50. The maximum Gasteiger partial charge on any atom is 0.217 e. The first-order chi connectivity index (χ1) is 24.4. The highest BCUT2D eigenvalue weighted by molar-refractivity contribution is 6.08. The molecule has 1 aliphatic rings. The van der Waals surface area contributed by atoms with Crippen LogP contribution in [0.3, 0.4) is 0 Å². The zero-order valence-corrected chi connectivity index (χ0v) is 30.2. The molecule has 0 amide bonds. The largest absolute Gasteiger partial charge is 0.468 e. The van der Waals surface area contributed by atoms with Gasteiger partial charge in [-0.3, -0.25) is 9.55 Å². The molecule has 0 spiro atoms. The second-order valence-corrected chi connectivity index (χ2v) is 15.2. The Morgan fingerprint density at radius 2 is 1.43 bits per heavy atom. The highest BCUT2D eigenvalue weighted by atomic mass is 16.5. The van der Waals surface area contributed by atoms with Crippen molar-refractivity contribution in [3.63, 3.8) is 0 Å². The van der Waals surface area contributed by atoms with Crippen LogP contribution in [-0.4, -0.2) is 26.0 Å². The first kappa shape index (κ1) is 32.5. The quantitative estimate of drug-likeness (QED) is 0.177. The number of fused-ring (bicyclic) bond motifs is 3. The lowest BCUT2D eigenvalue weighted by molar-refractivity contribution is 0.0519. The van der Waals surface area contributed by atoms with Gasteiger partial charge in [0.05, 0.1) is 16.9 Å². The molecular weight excluding hydrogens is 629 g/mol. The minimum absolute atomic E-state index is 0.141. The Kier molecular flexibility index (Phi) is 7.60. The SMILES string of the molecule is Cc1ccc2c(c1)c1cccnc1n2-c1cc(Oc2cc(C3=N[C@](C)(c4ccccc4)C(C)(C)O3)cc(-c3ccccn3)c2)cc(C(C)(C)C)c1. The van der Waals surface area contributed by atoms with Crippen LogP contribution in [0.2, 0.25) is 0 Å². The molecule has 254 valence electrons. The van der Waals surface area contributed by atoms with E-state index in [9.17, 15) is 0 Å². The Bertz CT molecular complexity index is 2460. The molecule has 0 N–H and O–H groups in total. The number of hydrogen-bond donors (Lipinski definition) is 0. The standard InChI is InChI=1S/C45H42N4O2/c1-29-18-19-40-38(22-29)37-16-13-21-47-41(37)49(40)34-26-33(43(2,3)4)27-36(28-34)50-35-24-30(39-17-11-12-20-46-39)23-31(25-35)42-48-45(7,44(5,6)51-42)32-14-9-8-10-15-32/h8-28H,1-7H3/t45-/m1/s1. The molecule has 0 unspecified atom stereocenters. The second-order valence-electron chi connectivity index (χ2n) is 15.2. The number of rotatable bonds is 6. The Hall–Kier alpha value is -5.75. The van der Waals surface area contributed by atoms with E-state index in [1.165, 1.54) is 10.9 Å². The molecule has 7 aromatic rings. The van der Waals surface area contributed by atoms with Gasteiger partial charge in [0.1, 0.15) is 28.3 Å². The van der Waals surface area contributed by atoms with E-state index in [2.05, 4.69) is 119 Å². The van der Waals surface area contributed by atoms with Gasteiger partial charge in [0.15, 0.2) is 0 Å². The predicted molar refractivity (Wildman–Crippen MR) is 207 cm³/mol. The molecule has 4 aromatic carbocycles. The molecule has 1 aliphatic heterocycles. The number of aryl methyl sites for hydroxylation is 1. The third kappa shape index (κ3) is 5.75. The van der Waals surface area contributed by atoms with Crippen LogP contribution in [0.1, 0.15) is 63.8 Å². The molecule has 0 fully saturated rings. The molecule has 0 radical (unpaired) electrons. The number of ether oxygens (including phenoxy) is 2. The van der Waals surface area contributed by atoms with Crippen molar-refractivity contribution < 1.29 is 9.47 Å². The third-order valence-electron chi connectivity index (χ3n) is 10.2. The van der Waals surface area contributed by atoms with E-state index in [0.29, 0.717) is 11.6 Å². The third-order valence-corrected chi connectivity index (χ3v) is 10.2. The van der Waals surface area contributed by atoms with Crippen LogP contribution in [0, 0.1) is 6.92 Å². The molecule has 0 saturated carbocycles. The number of aliphatic imine (C=N–C) groups is 1. The number of benzene rings is 4. The summed E-state index contributed by atoms with van der Waals surface area (Å²) in [4.78, 5) is 14.8. The maximum absolute atomic E-state index is 6.88. The van der Waals surface area contributed by atoms with Crippen LogP contribution < -0.4 is 4.74 Å². The molecule has 0 bridgehead atoms. The Labute approximate surface area is 299 Å². The van der Waals surface area contributed by atoms with Crippen LogP contribution in [0.4, 0.5) is 0 Å². The molecule has 3 aromatic heterocycles. The lowest BCUT2D eigenvalue weighted by Gasteiger charge is -2.34. The zero-order chi connectivity index (χ0) is 35.5. The molecule has 6 heteroatoms. The van der Waals surface area contributed by atoms with Gasteiger partial charge in [0.25, 0.3) is 0 Å². The smallest absolute Gasteiger partial charge is 0.217 e. The van der Waals surface area contributed by atoms with Crippen molar-refractivity contribution in [2.24, 2.45) is 4.99 Å². The van der Waals surface area contributed by atoms with Crippen LogP contribution in [0.5, 0.6) is 11.5 Å². The highest BCUT2D eigenvalue weighted by Crippen LogP contribution is 2.45.